The summed E-state index contributed by atoms with van der Waals surface area (Å²) in [5, 5.41) is 0. The van der Waals surface area contributed by atoms with E-state index in [1.54, 1.807) is 29.8 Å². The Labute approximate surface area is 146 Å². The number of fused-ring (bicyclic) bond motifs is 1. The van der Waals surface area contributed by atoms with Crippen molar-refractivity contribution in [2.75, 3.05) is 6.61 Å². The molecule has 1 saturated carbocycles. The van der Waals surface area contributed by atoms with Gasteiger partial charge in [0.25, 0.3) is 10.1 Å². The van der Waals surface area contributed by atoms with Crippen LogP contribution in [0.4, 0.5) is 0 Å². The van der Waals surface area contributed by atoms with Gasteiger partial charge in [0.2, 0.25) is 0 Å². The summed E-state index contributed by atoms with van der Waals surface area (Å²) in [5.74, 6) is 0.747. The van der Waals surface area contributed by atoms with Crippen LogP contribution in [0.15, 0.2) is 40.8 Å². The van der Waals surface area contributed by atoms with Crippen LogP contribution in [0, 0.1) is 24.2 Å². The molecule has 0 amide bonds. The van der Waals surface area contributed by atoms with Gasteiger partial charge in [0.05, 0.1) is 11.5 Å². The topological polar surface area (TPSA) is 43.4 Å². The zero-order valence-electron chi connectivity index (χ0n) is 14.9. The Morgan fingerprint density at radius 2 is 2.00 bits per heavy atom. The van der Waals surface area contributed by atoms with Gasteiger partial charge in [-0.1, -0.05) is 43.2 Å². The predicted octanol–water partition coefficient (Wildman–Crippen LogP) is 4.86. The van der Waals surface area contributed by atoms with E-state index in [9.17, 15) is 8.42 Å². The molecule has 24 heavy (non-hydrogen) atoms. The van der Waals surface area contributed by atoms with Gasteiger partial charge in [-0.25, -0.2) is 0 Å². The summed E-state index contributed by atoms with van der Waals surface area (Å²) >= 11 is 0. The molecule has 0 bridgehead atoms. The van der Waals surface area contributed by atoms with Gasteiger partial charge in [-0.15, -0.1) is 0 Å². The standard InChI is InChI=1S/C20H28O3S/c1-15-7-10-18(11-8-15)24(21,22)23-14-16(2)19-12-9-17-6-4-5-13-20(17,19)3/h6-8,10-11,16,19H,4-5,9,12-14H2,1-3H3/t16-,19-,20+/m1/s1. The van der Waals surface area contributed by atoms with Crippen molar-refractivity contribution in [3.05, 3.63) is 41.5 Å². The Hall–Kier alpha value is -1.13. The van der Waals surface area contributed by atoms with E-state index in [0.717, 1.165) is 18.4 Å². The quantitative estimate of drug-likeness (QED) is 0.563. The number of aryl methyl sites for hydroxylation is 1. The summed E-state index contributed by atoms with van der Waals surface area (Å²) in [7, 11) is -3.67. The van der Waals surface area contributed by atoms with Crippen LogP contribution in [0.5, 0.6) is 0 Å². The maximum absolute atomic E-state index is 12.4. The summed E-state index contributed by atoms with van der Waals surface area (Å²) in [5.41, 5.74) is 2.87. The third-order valence-corrected chi connectivity index (χ3v) is 7.35. The van der Waals surface area contributed by atoms with Gasteiger partial charge in [-0.05, 0) is 68.4 Å². The minimum absolute atomic E-state index is 0.235. The molecule has 0 heterocycles. The van der Waals surface area contributed by atoms with E-state index in [1.165, 1.54) is 19.3 Å². The van der Waals surface area contributed by atoms with E-state index in [4.69, 9.17) is 4.18 Å². The third-order valence-electron chi connectivity index (χ3n) is 6.05. The Bertz CT molecular complexity index is 718. The smallest absolute Gasteiger partial charge is 0.266 e. The number of hydrogen-bond donors (Lipinski definition) is 0. The predicted molar refractivity (Wildman–Crippen MR) is 96.2 cm³/mol. The Morgan fingerprint density at radius 1 is 1.29 bits per heavy atom. The lowest BCUT2D eigenvalue weighted by molar-refractivity contribution is 0.129. The molecule has 2 aliphatic carbocycles. The van der Waals surface area contributed by atoms with Crippen molar-refractivity contribution in [2.45, 2.75) is 57.8 Å². The number of allylic oxidation sites excluding steroid dienone is 2. The van der Waals surface area contributed by atoms with Gasteiger partial charge in [0.1, 0.15) is 0 Å². The molecule has 0 radical (unpaired) electrons. The summed E-state index contributed by atoms with van der Waals surface area (Å²) in [4.78, 5) is 0.246. The zero-order chi connectivity index (χ0) is 17.4. The van der Waals surface area contributed by atoms with Crippen molar-refractivity contribution in [3.63, 3.8) is 0 Å². The second-order valence-corrected chi connectivity index (χ2v) is 9.33. The molecule has 0 N–H and O–H groups in total. The lowest BCUT2D eigenvalue weighted by atomic mass is 9.67. The second kappa shape index (κ2) is 6.64. The molecule has 132 valence electrons. The fourth-order valence-corrected chi connectivity index (χ4v) is 5.58. The second-order valence-electron chi connectivity index (χ2n) is 7.71. The Balaban J connectivity index is 1.67. The van der Waals surface area contributed by atoms with Crippen LogP contribution in [0.1, 0.15) is 51.5 Å². The average molecular weight is 349 g/mol. The van der Waals surface area contributed by atoms with E-state index in [2.05, 4.69) is 19.9 Å². The first-order valence-electron chi connectivity index (χ1n) is 8.98. The van der Waals surface area contributed by atoms with Crippen molar-refractivity contribution in [1.29, 1.82) is 0 Å². The number of benzene rings is 1. The highest BCUT2D eigenvalue weighted by Crippen LogP contribution is 2.55. The molecular weight excluding hydrogens is 320 g/mol. The molecule has 3 atom stereocenters. The van der Waals surface area contributed by atoms with Crippen molar-refractivity contribution >= 4 is 10.1 Å². The molecule has 0 unspecified atom stereocenters. The van der Waals surface area contributed by atoms with Crippen molar-refractivity contribution in [3.8, 4) is 0 Å². The maximum Gasteiger partial charge on any atom is 0.296 e. The van der Waals surface area contributed by atoms with Crippen LogP contribution in [0.3, 0.4) is 0 Å². The van der Waals surface area contributed by atoms with Crippen LogP contribution in [-0.2, 0) is 14.3 Å². The van der Waals surface area contributed by atoms with E-state index in [-0.39, 0.29) is 22.8 Å². The van der Waals surface area contributed by atoms with Crippen LogP contribution in [0.25, 0.3) is 0 Å². The molecular formula is C20H28O3S. The normalized spacial score (nSPS) is 28.3. The number of rotatable bonds is 5. The molecule has 3 nitrogen and oxygen atoms in total. The van der Waals surface area contributed by atoms with Gasteiger partial charge in [0.15, 0.2) is 0 Å². The number of hydrogen-bond acceptors (Lipinski definition) is 3. The van der Waals surface area contributed by atoms with E-state index < -0.39 is 10.1 Å². The van der Waals surface area contributed by atoms with E-state index >= 15 is 0 Å². The van der Waals surface area contributed by atoms with Crippen molar-refractivity contribution < 1.29 is 12.6 Å². The molecule has 0 spiro atoms. The highest BCUT2D eigenvalue weighted by molar-refractivity contribution is 7.86. The fourth-order valence-electron chi connectivity index (χ4n) is 4.58. The van der Waals surface area contributed by atoms with Crippen LogP contribution in [-0.4, -0.2) is 15.0 Å². The highest BCUT2D eigenvalue weighted by Gasteiger charge is 2.45. The summed E-state index contributed by atoms with van der Waals surface area (Å²) in [6, 6.07) is 6.84. The largest absolute Gasteiger partial charge is 0.296 e. The molecule has 1 aromatic carbocycles. The molecule has 1 fully saturated rings. The molecule has 0 aliphatic heterocycles. The van der Waals surface area contributed by atoms with Gasteiger partial charge >= 0.3 is 0 Å². The third kappa shape index (κ3) is 3.31. The summed E-state index contributed by atoms with van der Waals surface area (Å²) < 4.78 is 30.2. The molecule has 0 aromatic heterocycles. The molecule has 4 heteroatoms. The first kappa shape index (κ1) is 17.7. The molecule has 3 rings (SSSR count). The van der Waals surface area contributed by atoms with Gasteiger partial charge < -0.3 is 0 Å². The minimum Gasteiger partial charge on any atom is -0.266 e. The van der Waals surface area contributed by atoms with Gasteiger partial charge in [0, 0.05) is 0 Å². The van der Waals surface area contributed by atoms with Gasteiger partial charge in [-0.3, -0.25) is 4.18 Å². The fraction of sp³-hybridized carbons (Fsp3) is 0.600. The molecule has 2 aliphatic rings. The van der Waals surface area contributed by atoms with E-state index in [1.807, 2.05) is 6.92 Å². The maximum atomic E-state index is 12.4. The SMILES string of the molecule is Cc1ccc(S(=O)(=O)OC[C@@H](C)[C@H]2CCC3=CCCC[C@@]32C)cc1. The molecule has 1 aromatic rings. The lowest BCUT2D eigenvalue weighted by Gasteiger charge is -2.38. The van der Waals surface area contributed by atoms with E-state index in [0.29, 0.717) is 5.92 Å². The minimum atomic E-state index is -3.67. The van der Waals surface area contributed by atoms with Crippen LogP contribution < -0.4 is 0 Å². The summed E-state index contributed by atoms with van der Waals surface area (Å²) in [6.07, 6.45) is 8.39. The molecule has 0 saturated heterocycles. The van der Waals surface area contributed by atoms with Crippen LogP contribution >= 0.6 is 0 Å². The Morgan fingerprint density at radius 3 is 2.71 bits per heavy atom. The van der Waals surface area contributed by atoms with Gasteiger partial charge in [-0.2, -0.15) is 8.42 Å². The van der Waals surface area contributed by atoms with Crippen molar-refractivity contribution in [1.82, 2.24) is 0 Å². The zero-order valence-corrected chi connectivity index (χ0v) is 15.7. The monoisotopic (exact) mass is 348 g/mol. The van der Waals surface area contributed by atoms with Crippen LogP contribution in [0.2, 0.25) is 0 Å². The first-order valence-corrected chi connectivity index (χ1v) is 10.4. The summed E-state index contributed by atoms with van der Waals surface area (Å²) in [6.45, 7) is 6.71. The Kier molecular flexibility index (Phi) is 4.89. The lowest BCUT2D eigenvalue weighted by Crippen LogP contribution is -2.32. The highest BCUT2D eigenvalue weighted by atomic mass is 32.2. The average Bonchev–Trinajstić information content (AvgIpc) is 2.90. The van der Waals surface area contributed by atoms with Crippen molar-refractivity contribution in [2.24, 2.45) is 17.3 Å². The first-order chi connectivity index (χ1) is 11.3.